The third kappa shape index (κ3) is 3.55. The van der Waals surface area contributed by atoms with Crippen molar-refractivity contribution in [2.24, 2.45) is 0 Å². The first-order valence-electron chi connectivity index (χ1n) is 8.58. The summed E-state index contributed by atoms with van der Waals surface area (Å²) in [5.74, 6) is 1.36. The maximum atomic E-state index is 3.14. The Kier molecular flexibility index (Phi) is 6.23. The Bertz CT molecular complexity index is 563. The fourth-order valence-electron chi connectivity index (χ4n) is 3.39. The van der Waals surface area contributed by atoms with Crippen LogP contribution in [0.4, 0.5) is 0 Å². The number of benzene rings is 2. The highest BCUT2D eigenvalue weighted by atomic mass is 32.0. The molecular formula is C19H27NP3+. The van der Waals surface area contributed by atoms with Crippen molar-refractivity contribution in [1.82, 2.24) is 4.44 Å². The average Bonchev–Trinajstić information content (AvgIpc) is 2.60. The van der Waals surface area contributed by atoms with E-state index >= 15 is 0 Å². The molecule has 0 radical (unpaired) electrons. The van der Waals surface area contributed by atoms with Gasteiger partial charge in [-0.05, 0) is 30.7 Å². The van der Waals surface area contributed by atoms with Gasteiger partial charge in [-0.15, -0.1) is 4.44 Å². The van der Waals surface area contributed by atoms with E-state index in [2.05, 4.69) is 81.0 Å². The molecule has 1 heterocycles. The summed E-state index contributed by atoms with van der Waals surface area (Å²) in [6, 6.07) is 22.5. The van der Waals surface area contributed by atoms with E-state index in [1.54, 1.807) is 10.6 Å². The van der Waals surface area contributed by atoms with Gasteiger partial charge in [0.25, 0.3) is 0 Å². The lowest BCUT2D eigenvalue weighted by Crippen LogP contribution is -2.43. The van der Waals surface area contributed by atoms with E-state index in [4.69, 9.17) is 0 Å². The van der Waals surface area contributed by atoms with Crippen molar-refractivity contribution in [2.45, 2.75) is 32.6 Å². The molecule has 0 spiro atoms. The normalized spacial score (nSPS) is 20.2. The molecule has 1 aliphatic rings. The lowest BCUT2D eigenvalue weighted by atomic mass is 10.2. The van der Waals surface area contributed by atoms with Gasteiger partial charge in [0, 0.05) is 6.54 Å². The molecule has 0 amide bonds. The van der Waals surface area contributed by atoms with Gasteiger partial charge in [0.1, 0.15) is 16.5 Å². The quantitative estimate of drug-likeness (QED) is 0.457. The van der Waals surface area contributed by atoms with E-state index in [1.807, 2.05) is 0 Å². The van der Waals surface area contributed by atoms with Crippen molar-refractivity contribution in [3.05, 3.63) is 60.7 Å². The van der Waals surface area contributed by atoms with E-state index in [0.29, 0.717) is 0 Å². The first-order chi connectivity index (χ1) is 11.3. The van der Waals surface area contributed by atoms with Crippen LogP contribution in [-0.4, -0.2) is 16.9 Å². The molecular weight excluding hydrogens is 335 g/mol. The lowest BCUT2D eigenvalue weighted by molar-refractivity contribution is 0.584. The van der Waals surface area contributed by atoms with Crippen LogP contribution >= 0.6 is 24.1 Å². The van der Waals surface area contributed by atoms with Gasteiger partial charge >= 0.3 is 0 Å². The molecule has 2 atom stereocenters. The van der Waals surface area contributed by atoms with Crippen LogP contribution < -0.4 is 10.6 Å². The maximum Gasteiger partial charge on any atom is 0.158 e. The van der Waals surface area contributed by atoms with Crippen molar-refractivity contribution < 1.29 is 0 Å². The van der Waals surface area contributed by atoms with E-state index in [0.717, 1.165) is 0 Å². The molecule has 2 unspecified atom stereocenters. The summed E-state index contributed by atoms with van der Waals surface area (Å²) in [6.07, 6.45) is 5.38. The van der Waals surface area contributed by atoms with Gasteiger partial charge < -0.3 is 0 Å². The van der Waals surface area contributed by atoms with Gasteiger partial charge in [-0.1, -0.05) is 71.5 Å². The van der Waals surface area contributed by atoms with E-state index < -0.39 is 7.41 Å². The Morgan fingerprint density at radius 1 is 0.913 bits per heavy atom. The molecule has 1 saturated heterocycles. The van der Waals surface area contributed by atoms with E-state index in [1.165, 1.54) is 38.1 Å². The number of unbranched alkanes of at least 4 members (excludes halogenated alkanes) is 3. The Labute approximate surface area is 145 Å². The van der Waals surface area contributed by atoms with Crippen molar-refractivity contribution in [3.8, 4) is 0 Å². The Morgan fingerprint density at radius 2 is 1.48 bits per heavy atom. The third-order valence-electron chi connectivity index (χ3n) is 4.62. The largest absolute Gasteiger partial charge is 0.158 e. The van der Waals surface area contributed by atoms with Crippen LogP contribution in [0.15, 0.2) is 60.7 Å². The standard InChI is InChI=1S/C19H27NP3/c1-2-3-4-11-16-20-22(21)17-23(20,18-12-7-5-8-13-18)19-14-9-6-10-15-19/h5-10,12-15H,2-4,11,16-17,21H2,1H3/q+1. The molecule has 1 nitrogen and oxygen atoms in total. The zero-order valence-electron chi connectivity index (χ0n) is 13.9. The van der Waals surface area contributed by atoms with Gasteiger partial charge in [-0.25, -0.2) is 0 Å². The number of hydrogen-bond acceptors (Lipinski definition) is 1. The average molecular weight is 362 g/mol. The fraction of sp³-hybridized carbons (Fsp3) is 0.368. The molecule has 0 bridgehead atoms. The van der Waals surface area contributed by atoms with Crippen molar-refractivity contribution in [3.63, 3.8) is 0 Å². The second-order valence-corrected chi connectivity index (χ2v) is 13.8. The second-order valence-electron chi connectivity index (χ2n) is 6.18. The van der Waals surface area contributed by atoms with Crippen molar-refractivity contribution in [2.75, 3.05) is 12.4 Å². The number of nitrogens with zero attached hydrogens (tertiary/aromatic N) is 1. The summed E-state index contributed by atoms with van der Waals surface area (Å²) in [5.41, 5.74) is 0. The fourth-order valence-corrected chi connectivity index (χ4v) is 16.3. The SMILES string of the molecule is CCCCCCN1P(P)C[P+]1(c1ccccc1)c1ccccc1. The second kappa shape index (κ2) is 8.18. The zero-order chi connectivity index (χ0) is 16.1. The Morgan fingerprint density at radius 3 is 1.96 bits per heavy atom. The molecule has 2 aromatic rings. The third-order valence-corrected chi connectivity index (χ3v) is 16.0. The van der Waals surface area contributed by atoms with Gasteiger partial charge in [0.2, 0.25) is 0 Å². The minimum Gasteiger partial charge on any atom is -0.143 e. The topological polar surface area (TPSA) is 3.24 Å². The van der Waals surface area contributed by atoms with Gasteiger partial charge in [-0.3, -0.25) is 0 Å². The monoisotopic (exact) mass is 362 g/mol. The predicted octanol–water partition coefficient (Wildman–Crippen LogP) is 5.61. The van der Waals surface area contributed by atoms with Crippen LogP contribution in [0.2, 0.25) is 0 Å². The van der Waals surface area contributed by atoms with Crippen molar-refractivity contribution in [1.29, 1.82) is 0 Å². The summed E-state index contributed by atoms with van der Waals surface area (Å²) in [7, 11) is 1.76. The minimum absolute atomic E-state index is 0.0377. The molecule has 3 rings (SSSR count). The summed E-state index contributed by atoms with van der Waals surface area (Å²) in [4.78, 5) is 0. The zero-order valence-corrected chi connectivity index (χ0v) is 16.9. The molecule has 23 heavy (non-hydrogen) atoms. The lowest BCUT2D eigenvalue weighted by Gasteiger charge is -2.49. The molecule has 1 aliphatic heterocycles. The van der Waals surface area contributed by atoms with Crippen LogP contribution in [0.1, 0.15) is 32.6 Å². The summed E-state index contributed by atoms with van der Waals surface area (Å²) in [6.45, 7) is 3.55. The number of rotatable bonds is 7. The molecule has 0 N–H and O–H groups in total. The summed E-state index contributed by atoms with van der Waals surface area (Å²) < 4.78 is 2.87. The highest BCUT2D eigenvalue weighted by Crippen LogP contribution is 2.85. The Balaban J connectivity index is 1.90. The highest BCUT2D eigenvalue weighted by Gasteiger charge is 2.61. The van der Waals surface area contributed by atoms with Crippen molar-refractivity contribution >= 4 is 34.7 Å². The van der Waals surface area contributed by atoms with E-state index in [-0.39, 0.29) is 7.76 Å². The Hall–Kier alpha value is -0.310. The smallest absolute Gasteiger partial charge is 0.143 e. The number of hydrogen-bond donors (Lipinski definition) is 0. The molecule has 0 saturated carbocycles. The van der Waals surface area contributed by atoms with Gasteiger partial charge in [-0.2, -0.15) is 0 Å². The first-order valence-corrected chi connectivity index (χ1v) is 13.6. The van der Waals surface area contributed by atoms with Crippen LogP contribution in [0.25, 0.3) is 0 Å². The van der Waals surface area contributed by atoms with Crippen LogP contribution in [0, 0.1) is 0 Å². The van der Waals surface area contributed by atoms with Crippen LogP contribution in [0.5, 0.6) is 0 Å². The summed E-state index contributed by atoms with van der Waals surface area (Å²) >= 11 is 0. The molecule has 2 aromatic carbocycles. The minimum atomic E-state index is -1.35. The molecule has 1 fully saturated rings. The predicted molar refractivity (Wildman–Crippen MR) is 111 cm³/mol. The summed E-state index contributed by atoms with van der Waals surface area (Å²) in [5, 5.41) is 3.12. The molecule has 0 aliphatic carbocycles. The van der Waals surface area contributed by atoms with Crippen LogP contribution in [-0.2, 0) is 0 Å². The van der Waals surface area contributed by atoms with E-state index in [9.17, 15) is 0 Å². The van der Waals surface area contributed by atoms with Gasteiger partial charge in [0.05, 0.1) is 7.76 Å². The van der Waals surface area contributed by atoms with Crippen LogP contribution in [0.3, 0.4) is 0 Å². The molecule has 122 valence electrons. The molecule has 0 aromatic heterocycles. The highest BCUT2D eigenvalue weighted by molar-refractivity contribution is 8.26. The van der Waals surface area contributed by atoms with Gasteiger partial charge in [0.15, 0.2) is 7.41 Å². The first kappa shape index (κ1) is 17.5. The molecule has 4 heteroatoms. The maximum absolute atomic E-state index is 3.14.